The highest BCUT2D eigenvalue weighted by atomic mass is 35.5. The van der Waals surface area contributed by atoms with Crippen LogP contribution in [0.1, 0.15) is 32.3 Å². The largest absolute Gasteiger partial charge is 0.422 e. The highest BCUT2D eigenvalue weighted by Crippen LogP contribution is 2.33. The number of carbonyl (C=O) groups is 1. The fourth-order valence-corrected chi connectivity index (χ4v) is 3.19. The number of carbonyl (C=O) groups excluding carboxylic acids is 1. The smallest absolute Gasteiger partial charge is 0.337 e. The zero-order valence-electron chi connectivity index (χ0n) is 15.2. The molecule has 1 aromatic rings. The van der Waals surface area contributed by atoms with Gasteiger partial charge in [-0.05, 0) is 43.4 Å². The Morgan fingerprint density at radius 1 is 1.19 bits per heavy atom. The molecule has 0 aliphatic carbocycles. The number of ether oxygens (including phenoxy) is 3. The lowest BCUT2D eigenvalue weighted by molar-refractivity contribution is -0.140. The Labute approximate surface area is 159 Å². The molecule has 1 aromatic carbocycles. The van der Waals surface area contributed by atoms with Crippen molar-refractivity contribution in [2.75, 3.05) is 26.4 Å². The Balaban J connectivity index is 2.45. The molecule has 1 rings (SSSR count). The minimum Gasteiger partial charge on any atom is -0.422 e. The molecule has 0 unspecified atom stereocenters. The van der Waals surface area contributed by atoms with E-state index in [1.807, 2.05) is 0 Å². The second kappa shape index (κ2) is 10.8. The quantitative estimate of drug-likeness (QED) is 0.259. The van der Waals surface area contributed by atoms with Crippen LogP contribution in [0.4, 0.5) is 0 Å². The number of rotatable bonds is 11. The Kier molecular flexibility index (Phi) is 9.52. The maximum Gasteiger partial charge on any atom is 0.337 e. The minimum absolute atomic E-state index is 0.0977. The number of benzene rings is 1. The summed E-state index contributed by atoms with van der Waals surface area (Å²) >= 11 is 5.93. The van der Waals surface area contributed by atoms with Crippen molar-refractivity contribution in [2.45, 2.75) is 38.5 Å². The third-order valence-corrected chi connectivity index (χ3v) is 4.45. The Hall–Kier alpha value is -1.19. The summed E-state index contributed by atoms with van der Waals surface area (Å²) in [6.07, 6.45) is 2.05. The topological polar surface area (TPSA) is 99.1 Å². The van der Waals surface area contributed by atoms with Crippen LogP contribution < -0.4 is 4.74 Å². The number of esters is 1. The lowest BCUT2D eigenvalue weighted by Crippen LogP contribution is -2.19. The van der Waals surface area contributed by atoms with Crippen molar-refractivity contribution < 1.29 is 32.0 Å². The van der Waals surface area contributed by atoms with Crippen molar-refractivity contribution in [1.29, 1.82) is 0 Å². The standard InChI is InChI=1S/C17H25ClO7S/c1-12(2)5-4-6-23-7-8-24-11-16(19)25-17-14(18)9-13(3)10-15(17)26(20,21)22/h9-10,12H,4-8,11H2,1-3H3,(H,20,21,22). The monoisotopic (exact) mass is 408 g/mol. The number of hydrogen-bond acceptors (Lipinski definition) is 6. The molecular weight excluding hydrogens is 384 g/mol. The fraction of sp³-hybridized carbons (Fsp3) is 0.588. The van der Waals surface area contributed by atoms with Crippen molar-refractivity contribution in [1.82, 2.24) is 0 Å². The van der Waals surface area contributed by atoms with Gasteiger partial charge >= 0.3 is 5.97 Å². The molecule has 0 bridgehead atoms. The molecule has 0 radical (unpaired) electrons. The van der Waals surface area contributed by atoms with Crippen LogP contribution >= 0.6 is 11.6 Å². The maximum atomic E-state index is 11.8. The van der Waals surface area contributed by atoms with Crippen LogP contribution in [0, 0.1) is 12.8 Å². The van der Waals surface area contributed by atoms with Crippen molar-refractivity contribution in [2.24, 2.45) is 5.92 Å². The van der Waals surface area contributed by atoms with Crippen LogP contribution in [0.2, 0.25) is 5.02 Å². The Morgan fingerprint density at radius 2 is 1.85 bits per heavy atom. The molecule has 0 aliphatic rings. The SMILES string of the molecule is Cc1cc(Cl)c(OC(=O)COCCOCCCC(C)C)c(S(=O)(=O)O)c1. The van der Waals surface area contributed by atoms with E-state index in [1.165, 1.54) is 6.07 Å². The second-order valence-electron chi connectivity index (χ2n) is 6.22. The maximum absolute atomic E-state index is 11.8. The van der Waals surface area contributed by atoms with Gasteiger partial charge in [0.2, 0.25) is 0 Å². The molecule has 1 N–H and O–H groups in total. The molecule has 0 saturated heterocycles. The van der Waals surface area contributed by atoms with Gasteiger partial charge < -0.3 is 14.2 Å². The van der Waals surface area contributed by atoms with E-state index in [1.54, 1.807) is 6.92 Å². The molecule has 0 spiro atoms. The van der Waals surface area contributed by atoms with Crippen LogP contribution in [0.15, 0.2) is 17.0 Å². The van der Waals surface area contributed by atoms with E-state index in [0.29, 0.717) is 24.7 Å². The van der Waals surface area contributed by atoms with Crippen LogP contribution in [0.3, 0.4) is 0 Å². The van der Waals surface area contributed by atoms with Gasteiger partial charge in [0.1, 0.15) is 11.5 Å². The van der Waals surface area contributed by atoms with Crippen LogP contribution in [-0.4, -0.2) is 45.4 Å². The van der Waals surface area contributed by atoms with Gasteiger partial charge in [0.15, 0.2) is 5.75 Å². The van der Waals surface area contributed by atoms with Crippen molar-refractivity contribution in [3.8, 4) is 5.75 Å². The van der Waals surface area contributed by atoms with E-state index in [9.17, 15) is 17.8 Å². The first kappa shape index (κ1) is 22.9. The van der Waals surface area contributed by atoms with Crippen molar-refractivity contribution in [3.05, 3.63) is 22.7 Å². The van der Waals surface area contributed by atoms with Gasteiger partial charge in [-0.1, -0.05) is 25.4 Å². The Morgan fingerprint density at radius 3 is 2.46 bits per heavy atom. The van der Waals surface area contributed by atoms with E-state index in [4.69, 9.17) is 25.8 Å². The molecule has 0 aromatic heterocycles. The molecule has 0 amide bonds. The predicted molar refractivity (Wildman–Crippen MR) is 97.3 cm³/mol. The molecule has 0 heterocycles. The molecule has 0 fully saturated rings. The van der Waals surface area contributed by atoms with E-state index < -0.39 is 33.3 Å². The zero-order valence-corrected chi connectivity index (χ0v) is 16.7. The summed E-state index contributed by atoms with van der Waals surface area (Å²) in [5.41, 5.74) is 0.494. The lowest BCUT2D eigenvalue weighted by Gasteiger charge is -2.11. The summed E-state index contributed by atoms with van der Waals surface area (Å²) in [4.78, 5) is 11.3. The molecule has 0 atom stereocenters. The summed E-state index contributed by atoms with van der Waals surface area (Å²) in [6, 6.07) is 2.58. The van der Waals surface area contributed by atoms with Gasteiger partial charge in [0.25, 0.3) is 10.1 Å². The summed E-state index contributed by atoms with van der Waals surface area (Å²) < 4.78 is 47.6. The zero-order chi connectivity index (χ0) is 19.7. The minimum atomic E-state index is -4.59. The first-order valence-corrected chi connectivity index (χ1v) is 10.1. The second-order valence-corrected chi connectivity index (χ2v) is 8.02. The van der Waals surface area contributed by atoms with E-state index in [2.05, 4.69) is 13.8 Å². The predicted octanol–water partition coefficient (Wildman–Crippen LogP) is 3.27. The van der Waals surface area contributed by atoms with E-state index in [-0.39, 0.29) is 11.6 Å². The molecule has 0 saturated carbocycles. The number of aryl methyl sites for hydroxylation is 1. The van der Waals surface area contributed by atoms with Gasteiger partial charge in [-0.15, -0.1) is 0 Å². The molecule has 7 nitrogen and oxygen atoms in total. The van der Waals surface area contributed by atoms with Crippen molar-refractivity contribution in [3.63, 3.8) is 0 Å². The van der Waals surface area contributed by atoms with Crippen LogP contribution in [0.25, 0.3) is 0 Å². The lowest BCUT2D eigenvalue weighted by atomic mass is 10.1. The number of hydrogen-bond donors (Lipinski definition) is 1. The highest BCUT2D eigenvalue weighted by molar-refractivity contribution is 7.86. The van der Waals surface area contributed by atoms with Gasteiger partial charge in [-0.3, -0.25) is 4.55 Å². The van der Waals surface area contributed by atoms with E-state index >= 15 is 0 Å². The third-order valence-electron chi connectivity index (χ3n) is 3.31. The molecule has 0 aliphatic heterocycles. The summed E-state index contributed by atoms with van der Waals surface area (Å²) in [7, 11) is -4.59. The highest BCUT2D eigenvalue weighted by Gasteiger charge is 2.22. The van der Waals surface area contributed by atoms with Crippen molar-refractivity contribution >= 4 is 27.7 Å². The summed E-state index contributed by atoms with van der Waals surface area (Å²) in [5, 5.41) is -0.0977. The van der Waals surface area contributed by atoms with Crippen LogP contribution in [0.5, 0.6) is 5.75 Å². The molecular formula is C17H25ClO7S. The normalized spacial score (nSPS) is 11.8. The first-order valence-electron chi connectivity index (χ1n) is 8.25. The van der Waals surface area contributed by atoms with E-state index in [0.717, 1.165) is 18.9 Å². The third kappa shape index (κ3) is 8.46. The summed E-state index contributed by atoms with van der Waals surface area (Å²) in [6.45, 7) is 6.64. The fourth-order valence-electron chi connectivity index (χ4n) is 2.10. The Bertz CT molecular complexity index is 701. The molecule has 26 heavy (non-hydrogen) atoms. The van der Waals surface area contributed by atoms with Gasteiger partial charge in [-0.2, -0.15) is 8.42 Å². The van der Waals surface area contributed by atoms with Gasteiger partial charge in [0.05, 0.1) is 18.2 Å². The first-order chi connectivity index (χ1) is 12.1. The average molecular weight is 409 g/mol. The van der Waals surface area contributed by atoms with Gasteiger partial charge in [0, 0.05) is 6.61 Å². The number of halogens is 1. The summed E-state index contributed by atoms with van der Waals surface area (Å²) in [5.74, 6) is -0.621. The molecule has 148 valence electrons. The van der Waals surface area contributed by atoms with Gasteiger partial charge in [-0.25, -0.2) is 4.79 Å². The molecule has 9 heteroatoms. The van der Waals surface area contributed by atoms with Crippen LogP contribution in [-0.2, 0) is 24.4 Å². The average Bonchev–Trinajstić information content (AvgIpc) is 2.51.